The van der Waals surface area contributed by atoms with Crippen molar-refractivity contribution in [2.45, 2.75) is 26.9 Å². The highest BCUT2D eigenvalue weighted by molar-refractivity contribution is 5.92. The molecule has 0 saturated heterocycles. The summed E-state index contributed by atoms with van der Waals surface area (Å²) in [6.45, 7) is 5.06. The molecule has 28 heavy (non-hydrogen) atoms. The van der Waals surface area contributed by atoms with Crippen molar-refractivity contribution in [3.05, 3.63) is 88.7 Å². The fourth-order valence-corrected chi connectivity index (χ4v) is 3.07. The summed E-state index contributed by atoms with van der Waals surface area (Å²) in [7, 11) is 0. The predicted octanol–water partition coefficient (Wildman–Crippen LogP) is 4.41. The lowest BCUT2D eigenvalue weighted by atomic mass is 10.1. The molecule has 0 fully saturated rings. The molecular formula is C23H23N3O2. The molecule has 0 spiro atoms. The van der Waals surface area contributed by atoms with Gasteiger partial charge in [-0.3, -0.25) is 15.0 Å². The number of nitrogens with zero attached hydrogens (tertiary/aromatic N) is 2. The van der Waals surface area contributed by atoms with E-state index in [1.54, 1.807) is 6.92 Å². The first kappa shape index (κ1) is 19.4. The molecule has 0 aliphatic rings. The van der Waals surface area contributed by atoms with E-state index in [1.807, 2.05) is 67.6 Å². The molecule has 1 N–H and O–H groups in total. The average molecular weight is 373 g/mol. The van der Waals surface area contributed by atoms with E-state index in [9.17, 15) is 10.1 Å². The molecule has 0 aliphatic carbocycles. The van der Waals surface area contributed by atoms with Crippen molar-refractivity contribution >= 4 is 11.8 Å². The molecule has 0 bridgehead atoms. The number of anilines is 1. The zero-order valence-electron chi connectivity index (χ0n) is 16.1. The zero-order chi connectivity index (χ0) is 19.9. The summed E-state index contributed by atoms with van der Waals surface area (Å²) in [5, 5.41) is 12.1. The van der Waals surface area contributed by atoms with Crippen LogP contribution in [0.3, 0.4) is 0 Å². The van der Waals surface area contributed by atoms with Gasteiger partial charge in [0.15, 0.2) is 0 Å². The molecule has 0 radical (unpaired) electrons. The van der Waals surface area contributed by atoms with Gasteiger partial charge in [0.05, 0.1) is 6.54 Å². The van der Waals surface area contributed by atoms with Gasteiger partial charge in [-0.15, -0.1) is 0 Å². The number of carbonyl (C=O) groups is 1. The Morgan fingerprint density at radius 3 is 2.04 bits per heavy atom. The predicted molar refractivity (Wildman–Crippen MR) is 109 cm³/mol. The molecule has 5 nitrogen and oxygen atoms in total. The van der Waals surface area contributed by atoms with Crippen LogP contribution in [-0.2, 0) is 17.9 Å². The quantitative estimate of drug-likeness (QED) is 0.666. The van der Waals surface area contributed by atoms with Gasteiger partial charge in [0.2, 0.25) is 11.8 Å². The molecule has 5 heteroatoms. The number of benzene rings is 2. The second kappa shape index (κ2) is 9.03. The minimum atomic E-state index is -0.211. The fraction of sp³-hybridized carbons (Fsp3) is 0.217. The van der Waals surface area contributed by atoms with Crippen LogP contribution < -0.4 is 5.32 Å². The maximum atomic E-state index is 12.7. The zero-order valence-corrected chi connectivity index (χ0v) is 16.1. The maximum absolute atomic E-state index is 12.7. The second-order valence-corrected chi connectivity index (χ2v) is 6.76. The Balaban J connectivity index is 1.74. The van der Waals surface area contributed by atoms with Gasteiger partial charge in [0, 0.05) is 18.7 Å². The first-order chi connectivity index (χ1) is 13.6. The van der Waals surface area contributed by atoms with Crippen molar-refractivity contribution in [2.75, 3.05) is 11.9 Å². The Morgan fingerprint density at radius 2 is 1.54 bits per heavy atom. The van der Waals surface area contributed by atoms with Crippen LogP contribution in [0.25, 0.3) is 0 Å². The molecule has 1 heterocycles. The molecule has 0 aliphatic heterocycles. The second-order valence-electron chi connectivity index (χ2n) is 6.76. The largest absolute Gasteiger partial charge is 0.444 e. The number of aryl methyl sites for hydroxylation is 1. The Bertz CT molecular complexity index is 931. The summed E-state index contributed by atoms with van der Waals surface area (Å²) in [5.41, 5.74) is 3.40. The summed E-state index contributed by atoms with van der Waals surface area (Å²) < 4.78 is 5.55. The van der Waals surface area contributed by atoms with Crippen LogP contribution in [0.5, 0.6) is 0 Å². The first-order valence-electron chi connectivity index (χ1n) is 9.17. The molecule has 3 rings (SSSR count). The number of carbonyl (C=O) groups excluding carboxylic acids is 1. The van der Waals surface area contributed by atoms with Crippen molar-refractivity contribution < 1.29 is 9.21 Å². The third-order valence-electron chi connectivity index (χ3n) is 4.62. The molecule has 2 aromatic carbocycles. The van der Waals surface area contributed by atoms with Crippen LogP contribution in [0.4, 0.5) is 5.88 Å². The van der Waals surface area contributed by atoms with E-state index in [1.165, 1.54) is 0 Å². The highest BCUT2D eigenvalue weighted by Gasteiger charge is 2.18. The van der Waals surface area contributed by atoms with Crippen molar-refractivity contribution in [2.24, 2.45) is 0 Å². The summed E-state index contributed by atoms with van der Waals surface area (Å²) in [6, 6.07) is 22.2. The summed E-state index contributed by atoms with van der Waals surface area (Å²) in [6.07, 6.45) is 0. The number of furan rings is 1. The number of hydrogen-bond acceptors (Lipinski definition) is 4. The van der Waals surface area contributed by atoms with Crippen molar-refractivity contribution in [1.29, 1.82) is 5.26 Å². The number of amides is 1. The van der Waals surface area contributed by atoms with Crippen molar-refractivity contribution in [3.8, 4) is 6.07 Å². The van der Waals surface area contributed by atoms with Gasteiger partial charge >= 0.3 is 0 Å². The monoisotopic (exact) mass is 373 g/mol. The van der Waals surface area contributed by atoms with E-state index in [2.05, 4.69) is 16.3 Å². The number of hydrogen-bond donors (Lipinski definition) is 1. The Kier molecular flexibility index (Phi) is 6.25. The molecule has 0 saturated carbocycles. The van der Waals surface area contributed by atoms with Crippen molar-refractivity contribution in [1.82, 2.24) is 4.90 Å². The van der Waals surface area contributed by atoms with Gasteiger partial charge < -0.3 is 4.42 Å². The van der Waals surface area contributed by atoms with Crippen LogP contribution >= 0.6 is 0 Å². The van der Waals surface area contributed by atoms with Gasteiger partial charge in [-0.25, -0.2) is 0 Å². The highest BCUT2D eigenvalue weighted by Crippen LogP contribution is 2.25. The fourth-order valence-electron chi connectivity index (χ4n) is 3.07. The molecule has 142 valence electrons. The summed E-state index contributed by atoms with van der Waals surface area (Å²) >= 11 is 0. The third kappa shape index (κ3) is 4.87. The third-order valence-corrected chi connectivity index (χ3v) is 4.62. The Labute approximate surface area is 165 Å². The van der Waals surface area contributed by atoms with E-state index < -0.39 is 0 Å². The lowest BCUT2D eigenvalue weighted by Gasteiger charge is -2.22. The van der Waals surface area contributed by atoms with Crippen molar-refractivity contribution in [3.63, 3.8) is 0 Å². The average Bonchev–Trinajstić information content (AvgIpc) is 2.96. The summed E-state index contributed by atoms with van der Waals surface area (Å²) in [4.78, 5) is 14.7. The first-order valence-corrected chi connectivity index (χ1v) is 9.17. The highest BCUT2D eigenvalue weighted by atomic mass is 16.4. The molecular weight excluding hydrogens is 350 g/mol. The number of nitriles is 1. The Hall–Kier alpha value is -3.36. The number of nitrogens with one attached hydrogen (secondary N) is 1. The molecule has 0 atom stereocenters. The van der Waals surface area contributed by atoms with Gasteiger partial charge in [0.1, 0.15) is 17.4 Å². The van der Waals surface area contributed by atoms with Gasteiger partial charge in [-0.1, -0.05) is 60.7 Å². The van der Waals surface area contributed by atoms with Crippen LogP contribution in [0, 0.1) is 25.2 Å². The SMILES string of the molecule is Cc1oc(NC(=O)CN(Cc2ccccc2)Cc2ccccc2)c(C#N)c1C. The van der Waals surface area contributed by atoms with Gasteiger partial charge in [-0.2, -0.15) is 5.26 Å². The molecule has 0 unspecified atom stereocenters. The Morgan fingerprint density at radius 1 is 1.00 bits per heavy atom. The molecule has 1 aromatic heterocycles. The van der Waals surface area contributed by atoms with E-state index in [0.29, 0.717) is 24.4 Å². The maximum Gasteiger partial charge on any atom is 0.240 e. The van der Waals surface area contributed by atoms with E-state index in [0.717, 1.165) is 16.7 Å². The summed E-state index contributed by atoms with van der Waals surface area (Å²) in [5.74, 6) is 0.649. The van der Waals surface area contributed by atoms with Crippen LogP contribution in [0.1, 0.15) is 28.0 Å². The topological polar surface area (TPSA) is 69.3 Å². The lowest BCUT2D eigenvalue weighted by molar-refractivity contribution is -0.117. The minimum absolute atomic E-state index is 0.188. The van der Waals surface area contributed by atoms with Gasteiger partial charge in [-0.05, 0) is 25.0 Å². The van der Waals surface area contributed by atoms with E-state index in [4.69, 9.17) is 4.42 Å². The normalized spacial score (nSPS) is 10.6. The van der Waals surface area contributed by atoms with Crippen LogP contribution in [0.15, 0.2) is 65.1 Å². The van der Waals surface area contributed by atoms with Gasteiger partial charge in [0.25, 0.3) is 0 Å². The number of rotatable bonds is 7. The van der Waals surface area contributed by atoms with E-state index >= 15 is 0 Å². The van der Waals surface area contributed by atoms with E-state index in [-0.39, 0.29) is 18.3 Å². The minimum Gasteiger partial charge on any atom is -0.444 e. The van der Waals surface area contributed by atoms with Crippen LogP contribution in [-0.4, -0.2) is 17.4 Å². The molecule has 1 amide bonds. The lowest BCUT2D eigenvalue weighted by Crippen LogP contribution is -2.32. The molecule has 3 aromatic rings. The standard InChI is InChI=1S/C23H23N3O2/c1-17-18(2)28-23(21(17)13-24)25-22(27)16-26(14-19-9-5-3-6-10-19)15-20-11-7-4-8-12-20/h3-12H,14-16H2,1-2H3,(H,25,27). The van der Waals surface area contributed by atoms with Crippen LogP contribution in [0.2, 0.25) is 0 Å². The smallest absolute Gasteiger partial charge is 0.240 e.